The van der Waals surface area contributed by atoms with Gasteiger partial charge >= 0.3 is 0 Å². The van der Waals surface area contributed by atoms with Crippen LogP contribution in [0.25, 0.3) is 11.0 Å². The summed E-state index contributed by atoms with van der Waals surface area (Å²) in [5, 5.41) is 3.92. The van der Waals surface area contributed by atoms with E-state index in [0.29, 0.717) is 11.6 Å². The molecule has 0 N–H and O–H groups in total. The second-order valence-electron chi connectivity index (χ2n) is 2.28. The maximum atomic E-state index is 4.28. The maximum Gasteiger partial charge on any atom is 0.213 e. The first-order valence-electron chi connectivity index (χ1n) is 3.26. The molecule has 0 aromatic carbocycles. The zero-order chi connectivity index (χ0) is 7.97. The Balaban J connectivity index is 2.48. The van der Waals surface area contributed by atoms with Gasteiger partial charge in [0.15, 0.2) is 0 Å². The molecule has 6 heteroatoms. The van der Waals surface area contributed by atoms with Crippen LogP contribution in [-0.4, -0.2) is 9.97 Å². The lowest BCUT2D eigenvalue weighted by Gasteiger charge is -1.91. The van der Waals surface area contributed by atoms with Crippen molar-refractivity contribution in [3.63, 3.8) is 0 Å². The molecule has 0 spiro atoms. The highest BCUT2D eigenvalue weighted by molar-refractivity contribution is 7.58. The molecule has 0 saturated carbocycles. The molecule has 12 heavy (non-hydrogen) atoms. The van der Waals surface area contributed by atoms with Crippen molar-refractivity contribution in [1.29, 1.82) is 0 Å². The van der Waals surface area contributed by atoms with Crippen molar-refractivity contribution >= 4 is 45.4 Å². The summed E-state index contributed by atoms with van der Waals surface area (Å²) in [4.78, 5) is 8.56. The Kier molecular flexibility index (Phi) is 1.16. The minimum Gasteiger partial charge on any atom is -0.222 e. The zero-order valence-corrected chi connectivity index (χ0v) is 7.39. The minimum absolute atomic E-state index is 0.644. The Morgan fingerprint density at radius 2 is 1.50 bits per heavy atom. The van der Waals surface area contributed by atoms with E-state index in [2.05, 4.69) is 18.7 Å². The van der Waals surface area contributed by atoms with Gasteiger partial charge in [-0.1, -0.05) is 0 Å². The summed E-state index contributed by atoms with van der Waals surface area (Å²) >= 11 is 2.73. The Morgan fingerprint density at radius 3 is 2.08 bits per heavy atom. The van der Waals surface area contributed by atoms with Gasteiger partial charge in [0.2, 0.25) is 11.6 Å². The molecule has 0 aliphatic carbocycles. The van der Waals surface area contributed by atoms with Gasteiger partial charge in [-0.05, 0) is 0 Å². The summed E-state index contributed by atoms with van der Waals surface area (Å²) in [6.07, 6.45) is 0. The fourth-order valence-electron chi connectivity index (χ4n) is 0.999. The van der Waals surface area contributed by atoms with Gasteiger partial charge in [0.05, 0.1) is 11.4 Å². The van der Waals surface area contributed by atoms with Gasteiger partial charge < -0.3 is 0 Å². The Morgan fingerprint density at radius 1 is 0.917 bits per heavy atom. The van der Waals surface area contributed by atoms with Gasteiger partial charge in [-0.2, -0.15) is 8.73 Å². The third kappa shape index (κ3) is 0.759. The summed E-state index contributed by atoms with van der Waals surface area (Å²) in [6, 6.07) is 0. The van der Waals surface area contributed by atoms with E-state index in [-0.39, 0.29) is 0 Å². The molecule has 3 rings (SSSR count). The van der Waals surface area contributed by atoms with E-state index in [1.165, 1.54) is 0 Å². The number of aromatic nitrogens is 2. The fourth-order valence-corrected chi connectivity index (χ4v) is 2.11. The molecule has 3 heterocycles. The van der Waals surface area contributed by atoms with Gasteiger partial charge in [0.25, 0.3) is 0 Å². The standard InChI is InChI=1S/C6H2N4S2/c1-3-4(2-11-1)8-6-5(7-3)9-12-10-6/h1-2H. The van der Waals surface area contributed by atoms with Crippen molar-refractivity contribution < 1.29 is 0 Å². The molecular weight excluding hydrogens is 192 g/mol. The molecule has 1 aliphatic heterocycles. The van der Waals surface area contributed by atoms with Crippen LogP contribution in [0, 0.1) is 0 Å². The second kappa shape index (κ2) is 2.18. The normalized spacial score (nSPS) is 13.3. The van der Waals surface area contributed by atoms with Gasteiger partial charge in [-0.15, -0.1) is 11.3 Å². The van der Waals surface area contributed by atoms with E-state index in [0.717, 1.165) is 22.4 Å². The molecule has 0 saturated heterocycles. The van der Waals surface area contributed by atoms with Crippen molar-refractivity contribution in [2.75, 3.05) is 0 Å². The Labute approximate surface area is 75.2 Å². The highest BCUT2D eigenvalue weighted by Crippen LogP contribution is 2.30. The molecule has 58 valence electrons. The molecule has 1 aliphatic rings. The summed E-state index contributed by atoms with van der Waals surface area (Å²) < 4.78 is 8.02. The number of nitrogens with zero attached hydrogens (tertiary/aromatic N) is 4. The molecule has 0 amide bonds. The Bertz CT molecular complexity index is 481. The molecule has 2 aromatic heterocycles. The highest BCUT2D eigenvalue weighted by atomic mass is 32.1. The molecule has 2 aromatic rings. The predicted molar refractivity (Wildman–Crippen MR) is 49.0 cm³/mol. The quantitative estimate of drug-likeness (QED) is 0.551. The van der Waals surface area contributed by atoms with Crippen molar-refractivity contribution in [2.24, 2.45) is 8.73 Å². The van der Waals surface area contributed by atoms with Crippen LogP contribution in [0.2, 0.25) is 0 Å². The minimum atomic E-state index is 0.644. The topological polar surface area (TPSA) is 50.5 Å². The van der Waals surface area contributed by atoms with E-state index < -0.39 is 0 Å². The maximum absolute atomic E-state index is 4.28. The lowest BCUT2D eigenvalue weighted by molar-refractivity contribution is 1.27. The van der Waals surface area contributed by atoms with E-state index in [4.69, 9.17) is 0 Å². The molecule has 0 unspecified atom stereocenters. The third-order valence-electron chi connectivity index (χ3n) is 1.53. The first-order valence-corrected chi connectivity index (χ1v) is 4.93. The number of hydrogen-bond acceptors (Lipinski definition) is 5. The third-order valence-corrected chi connectivity index (χ3v) is 2.76. The predicted octanol–water partition coefficient (Wildman–Crippen LogP) is 2.42. The highest BCUT2D eigenvalue weighted by Gasteiger charge is 2.09. The fraction of sp³-hybridized carbons (Fsp3) is 0. The summed E-state index contributed by atoms with van der Waals surface area (Å²) in [5.41, 5.74) is 1.81. The van der Waals surface area contributed by atoms with Crippen LogP contribution < -0.4 is 0 Å². The van der Waals surface area contributed by atoms with Crippen LogP contribution >= 0.6 is 11.3 Å². The van der Waals surface area contributed by atoms with Crippen molar-refractivity contribution in [2.45, 2.75) is 0 Å². The van der Waals surface area contributed by atoms with Crippen molar-refractivity contribution in [1.82, 2.24) is 9.97 Å². The summed E-state index contributed by atoms with van der Waals surface area (Å²) in [7, 11) is 0. The summed E-state index contributed by atoms with van der Waals surface area (Å²) in [5.74, 6) is 1.29. The zero-order valence-electron chi connectivity index (χ0n) is 5.76. The monoisotopic (exact) mass is 194 g/mol. The summed E-state index contributed by atoms with van der Waals surface area (Å²) in [6.45, 7) is 0. The lowest BCUT2D eigenvalue weighted by Crippen LogP contribution is -1.78. The number of thiophene rings is 1. The Hall–Kier alpha value is -1.14. The number of hydrogen-bond donors (Lipinski definition) is 0. The van der Waals surface area contributed by atoms with E-state index >= 15 is 0 Å². The second-order valence-corrected chi connectivity index (χ2v) is 3.55. The smallest absolute Gasteiger partial charge is 0.213 e. The van der Waals surface area contributed by atoms with Crippen LogP contribution in [0.1, 0.15) is 0 Å². The molecule has 0 atom stereocenters. The van der Waals surface area contributed by atoms with Crippen molar-refractivity contribution in [3.05, 3.63) is 10.8 Å². The first kappa shape index (κ1) is 6.38. The van der Waals surface area contributed by atoms with E-state index in [1.54, 1.807) is 11.3 Å². The van der Waals surface area contributed by atoms with E-state index in [9.17, 15) is 0 Å². The van der Waals surface area contributed by atoms with Crippen LogP contribution in [0.5, 0.6) is 0 Å². The first-order chi connectivity index (χ1) is 5.93. The van der Waals surface area contributed by atoms with Gasteiger partial charge in [0, 0.05) is 10.8 Å². The lowest BCUT2D eigenvalue weighted by atomic mass is 10.5. The van der Waals surface area contributed by atoms with Gasteiger partial charge in [-0.25, -0.2) is 9.97 Å². The van der Waals surface area contributed by atoms with Gasteiger partial charge in [-0.3, -0.25) is 0 Å². The van der Waals surface area contributed by atoms with Crippen molar-refractivity contribution in [3.8, 4) is 0 Å². The molecule has 4 nitrogen and oxygen atoms in total. The average molecular weight is 194 g/mol. The van der Waals surface area contributed by atoms with Crippen LogP contribution in [-0.2, 0) is 11.4 Å². The molecule has 0 bridgehead atoms. The largest absolute Gasteiger partial charge is 0.222 e. The number of fused-ring (bicyclic) bond motifs is 2. The average Bonchev–Trinajstić information content (AvgIpc) is 2.64. The van der Waals surface area contributed by atoms with E-state index in [1.807, 2.05) is 10.8 Å². The molecule has 0 radical (unpaired) electrons. The van der Waals surface area contributed by atoms with Gasteiger partial charge in [0.1, 0.15) is 11.0 Å². The van der Waals surface area contributed by atoms with Crippen LogP contribution in [0.15, 0.2) is 19.5 Å². The van der Waals surface area contributed by atoms with Crippen LogP contribution in [0.3, 0.4) is 0 Å². The van der Waals surface area contributed by atoms with Crippen LogP contribution in [0.4, 0.5) is 11.6 Å². The number of rotatable bonds is 0. The molecular formula is C6H2N4S2. The SMILES string of the molecule is c1scc2nc3c(nc12)N=S=N3. The molecule has 0 fully saturated rings.